The van der Waals surface area contributed by atoms with Gasteiger partial charge >= 0.3 is 5.97 Å². The topological polar surface area (TPSA) is 113 Å². The van der Waals surface area contributed by atoms with Gasteiger partial charge in [-0.1, -0.05) is 34.6 Å². The molecule has 6 rings (SSSR count). The maximum Gasteiger partial charge on any atom is 0.339 e. The van der Waals surface area contributed by atoms with Crippen molar-refractivity contribution in [2.75, 3.05) is 0 Å². The molecule has 2 saturated heterocycles. The molecule has 1 aromatic rings. The Bertz CT molecular complexity index is 989. The average Bonchev–Trinajstić information content (AvgIpc) is 3.32. The molecule has 3 saturated carbocycles. The molecule has 0 unspecified atom stereocenters. The first kappa shape index (κ1) is 22.1. The van der Waals surface area contributed by atoms with Gasteiger partial charge in [0.25, 0.3) is 0 Å². The van der Waals surface area contributed by atoms with Crippen molar-refractivity contribution in [3.63, 3.8) is 0 Å². The molecule has 11 atom stereocenters. The molecule has 7 heteroatoms. The van der Waals surface area contributed by atoms with Gasteiger partial charge in [0.15, 0.2) is 6.10 Å². The minimum absolute atomic E-state index is 0.0602. The SMILES string of the molecule is CC1(C)[C@H](O)C[C@H](O)[C@@]2(C)[C@@H]1C[C@@H](O)[C@]1(C)[C@H]2CC[C@@]2(C)[C@H](c3ccoc3)OC(=O)[C@H]3O[C@@]312. The third-order valence-corrected chi connectivity index (χ3v) is 11.4. The van der Waals surface area contributed by atoms with E-state index < -0.39 is 57.8 Å². The van der Waals surface area contributed by atoms with Gasteiger partial charge in [0, 0.05) is 28.2 Å². The van der Waals surface area contributed by atoms with E-state index in [9.17, 15) is 20.1 Å². The van der Waals surface area contributed by atoms with Crippen LogP contribution in [0.2, 0.25) is 0 Å². The highest BCUT2D eigenvalue weighted by Crippen LogP contribution is 2.80. The Labute approximate surface area is 194 Å². The molecule has 3 heterocycles. The molecule has 5 fully saturated rings. The van der Waals surface area contributed by atoms with Crippen LogP contribution in [-0.2, 0) is 14.3 Å². The fourth-order valence-electron chi connectivity index (χ4n) is 9.48. The number of fused-ring (bicyclic) bond motifs is 3. The first-order chi connectivity index (χ1) is 15.4. The lowest BCUT2D eigenvalue weighted by Crippen LogP contribution is -2.75. The van der Waals surface area contributed by atoms with Gasteiger partial charge < -0.3 is 29.2 Å². The lowest BCUT2D eigenvalue weighted by Gasteiger charge is -2.71. The molecule has 3 aliphatic carbocycles. The summed E-state index contributed by atoms with van der Waals surface area (Å²) < 4.78 is 17.6. The molecule has 0 amide bonds. The summed E-state index contributed by atoms with van der Waals surface area (Å²) in [6.07, 6.45) is 2.17. The number of aliphatic hydroxyl groups is 3. The highest BCUT2D eigenvalue weighted by Gasteiger charge is 2.88. The monoisotopic (exact) mass is 460 g/mol. The van der Waals surface area contributed by atoms with Crippen LogP contribution in [0.15, 0.2) is 23.0 Å². The third-order valence-electron chi connectivity index (χ3n) is 11.4. The van der Waals surface area contributed by atoms with Crippen LogP contribution >= 0.6 is 0 Å². The van der Waals surface area contributed by atoms with E-state index in [2.05, 4.69) is 34.6 Å². The van der Waals surface area contributed by atoms with E-state index in [1.807, 2.05) is 6.07 Å². The molecule has 33 heavy (non-hydrogen) atoms. The number of rotatable bonds is 1. The zero-order valence-corrected chi connectivity index (χ0v) is 20.1. The maximum absolute atomic E-state index is 13.1. The molecular weight excluding hydrogens is 424 g/mol. The summed E-state index contributed by atoms with van der Waals surface area (Å²) >= 11 is 0. The number of carbonyl (C=O) groups excluding carboxylic acids is 1. The highest BCUT2D eigenvalue weighted by molar-refractivity contribution is 5.82. The van der Waals surface area contributed by atoms with E-state index in [0.717, 1.165) is 18.4 Å². The van der Waals surface area contributed by atoms with Crippen molar-refractivity contribution in [3.05, 3.63) is 24.2 Å². The van der Waals surface area contributed by atoms with E-state index in [1.165, 1.54) is 0 Å². The summed E-state index contributed by atoms with van der Waals surface area (Å²) in [4.78, 5) is 13.1. The maximum atomic E-state index is 13.1. The van der Waals surface area contributed by atoms with Gasteiger partial charge in [-0.15, -0.1) is 0 Å². The van der Waals surface area contributed by atoms with Gasteiger partial charge in [-0.3, -0.25) is 0 Å². The minimum Gasteiger partial charge on any atom is -0.472 e. The van der Waals surface area contributed by atoms with Crippen molar-refractivity contribution < 1.29 is 34.0 Å². The second kappa shape index (κ2) is 6.23. The third kappa shape index (κ3) is 2.20. The summed E-state index contributed by atoms with van der Waals surface area (Å²) in [5, 5.41) is 34.1. The van der Waals surface area contributed by atoms with E-state index in [1.54, 1.807) is 12.5 Å². The molecule has 0 bridgehead atoms. The molecule has 1 aromatic heterocycles. The fourth-order valence-corrected chi connectivity index (χ4v) is 9.48. The van der Waals surface area contributed by atoms with Crippen LogP contribution < -0.4 is 0 Å². The molecule has 0 aromatic carbocycles. The Balaban J connectivity index is 1.51. The molecule has 1 spiro atoms. The predicted molar refractivity (Wildman–Crippen MR) is 117 cm³/mol. The van der Waals surface area contributed by atoms with Crippen LogP contribution in [0.1, 0.15) is 72.0 Å². The van der Waals surface area contributed by atoms with E-state index in [-0.39, 0.29) is 17.8 Å². The fraction of sp³-hybridized carbons (Fsp3) is 0.808. The molecule has 7 nitrogen and oxygen atoms in total. The van der Waals surface area contributed by atoms with Crippen LogP contribution in [0, 0.1) is 33.5 Å². The first-order valence-corrected chi connectivity index (χ1v) is 12.3. The number of ether oxygens (including phenoxy) is 2. The lowest BCUT2D eigenvalue weighted by molar-refractivity contribution is -0.293. The van der Waals surface area contributed by atoms with Crippen LogP contribution in [0.5, 0.6) is 0 Å². The summed E-state index contributed by atoms with van der Waals surface area (Å²) in [7, 11) is 0. The van der Waals surface area contributed by atoms with Crippen LogP contribution in [0.25, 0.3) is 0 Å². The van der Waals surface area contributed by atoms with Crippen molar-refractivity contribution in [1.29, 1.82) is 0 Å². The number of esters is 1. The summed E-state index contributed by atoms with van der Waals surface area (Å²) in [6.45, 7) is 10.4. The Hall–Kier alpha value is -1.41. The largest absolute Gasteiger partial charge is 0.472 e. The second-order valence-electron chi connectivity index (χ2n) is 12.7. The number of aliphatic hydroxyl groups excluding tert-OH is 3. The van der Waals surface area contributed by atoms with Gasteiger partial charge in [-0.25, -0.2) is 4.79 Å². The average molecular weight is 461 g/mol. The number of carbonyl (C=O) groups is 1. The Morgan fingerprint density at radius 2 is 1.67 bits per heavy atom. The summed E-state index contributed by atoms with van der Waals surface area (Å²) in [6, 6.07) is 1.83. The Morgan fingerprint density at radius 1 is 0.939 bits per heavy atom. The van der Waals surface area contributed by atoms with Gasteiger partial charge in [0.2, 0.25) is 0 Å². The van der Waals surface area contributed by atoms with Crippen LogP contribution in [0.4, 0.5) is 0 Å². The van der Waals surface area contributed by atoms with Gasteiger partial charge in [0.1, 0.15) is 11.7 Å². The zero-order chi connectivity index (χ0) is 23.8. The van der Waals surface area contributed by atoms with Crippen molar-refractivity contribution in [3.8, 4) is 0 Å². The molecule has 3 N–H and O–H groups in total. The molecular formula is C26H36O7. The number of epoxide rings is 1. The van der Waals surface area contributed by atoms with Gasteiger partial charge in [-0.05, 0) is 42.6 Å². The Morgan fingerprint density at radius 3 is 2.33 bits per heavy atom. The summed E-state index contributed by atoms with van der Waals surface area (Å²) in [5.41, 5.74) is -2.33. The van der Waals surface area contributed by atoms with E-state index in [0.29, 0.717) is 12.8 Å². The quantitative estimate of drug-likeness (QED) is 0.436. The van der Waals surface area contributed by atoms with Crippen molar-refractivity contribution >= 4 is 5.97 Å². The van der Waals surface area contributed by atoms with Crippen molar-refractivity contribution in [2.45, 2.75) is 96.4 Å². The zero-order valence-electron chi connectivity index (χ0n) is 20.1. The number of cyclic esters (lactones) is 1. The van der Waals surface area contributed by atoms with Gasteiger partial charge in [-0.2, -0.15) is 0 Å². The number of hydrogen-bond acceptors (Lipinski definition) is 7. The van der Waals surface area contributed by atoms with Crippen molar-refractivity contribution in [1.82, 2.24) is 0 Å². The molecule has 0 radical (unpaired) electrons. The number of hydrogen-bond donors (Lipinski definition) is 3. The number of furan rings is 1. The first-order valence-electron chi connectivity index (χ1n) is 12.3. The van der Waals surface area contributed by atoms with Crippen LogP contribution in [0.3, 0.4) is 0 Å². The normalized spacial score (nSPS) is 56.6. The van der Waals surface area contributed by atoms with E-state index >= 15 is 0 Å². The molecule has 5 aliphatic rings. The second-order valence-corrected chi connectivity index (χ2v) is 12.7. The van der Waals surface area contributed by atoms with E-state index in [4.69, 9.17) is 13.9 Å². The minimum atomic E-state index is -0.881. The highest BCUT2D eigenvalue weighted by atomic mass is 16.7. The molecule has 182 valence electrons. The Kier molecular flexibility index (Phi) is 4.17. The van der Waals surface area contributed by atoms with Gasteiger partial charge in [0.05, 0.1) is 30.8 Å². The summed E-state index contributed by atoms with van der Waals surface area (Å²) in [5.74, 6) is -0.524. The predicted octanol–water partition coefficient (Wildman–Crippen LogP) is 2.98. The molecule has 2 aliphatic heterocycles. The van der Waals surface area contributed by atoms with Crippen molar-refractivity contribution in [2.24, 2.45) is 33.5 Å². The smallest absolute Gasteiger partial charge is 0.339 e. The lowest BCUT2D eigenvalue weighted by atomic mass is 9.34. The standard InChI is InChI=1S/C26H36O7/c1-22(2)15-10-18(29)25(5)14(24(15,4)17(28)11-16(22)27)6-8-23(3)19(13-7-9-31-12-13)32-21(30)20-26(23,25)33-20/h7,9,12,14-20,27-29H,6,8,10-11H2,1-5H3/t14-,15+,16+,17-,18+,19-,20+,23-,24+,25-,26+/m0/s1. The van der Waals surface area contributed by atoms with Crippen LogP contribution in [-0.4, -0.2) is 51.3 Å².